The minimum absolute atomic E-state index is 0.633. The fourth-order valence-electron chi connectivity index (χ4n) is 2.54. The van der Waals surface area contributed by atoms with Crippen molar-refractivity contribution in [2.24, 2.45) is 11.8 Å². The molecular weight excluding hydrogens is 122 g/mol. The van der Waals surface area contributed by atoms with E-state index in [9.17, 15) is 0 Å². The standard InChI is InChI=1S/C9H17N/c1-7(2)8-3-6-10-9(8)4-5-9/h7-8,10H,3-6H2,1-2H3. The average Bonchev–Trinajstić information content (AvgIpc) is 2.42. The van der Waals surface area contributed by atoms with Gasteiger partial charge >= 0.3 is 0 Å². The Balaban J connectivity index is 2.07. The first-order valence-electron chi connectivity index (χ1n) is 4.50. The zero-order valence-electron chi connectivity index (χ0n) is 6.98. The Morgan fingerprint density at radius 3 is 2.50 bits per heavy atom. The molecule has 2 aliphatic rings. The van der Waals surface area contributed by atoms with Crippen molar-refractivity contribution in [1.29, 1.82) is 0 Å². The van der Waals surface area contributed by atoms with Crippen LogP contribution in [0.5, 0.6) is 0 Å². The molecule has 1 N–H and O–H groups in total. The second kappa shape index (κ2) is 1.97. The van der Waals surface area contributed by atoms with Crippen molar-refractivity contribution in [3.8, 4) is 0 Å². The van der Waals surface area contributed by atoms with Crippen LogP contribution in [0.3, 0.4) is 0 Å². The lowest BCUT2D eigenvalue weighted by Crippen LogP contribution is -2.31. The molecule has 1 unspecified atom stereocenters. The van der Waals surface area contributed by atoms with E-state index in [1.807, 2.05) is 0 Å². The van der Waals surface area contributed by atoms with Crippen molar-refractivity contribution in [1.82, 2.24) is 5.32 Å². The minimum Gasteiger partial charge on any atom is -0.311 e. The molecule has 2 fully saturated rings. The second-order valence-corrected chi connectivity index (χ2v) is 4.22. The number of nitrogens with one attached hydrogen (secondary N) is 1. The van der Waals surface area contributed by atoms with Gasteiger partial charge in [0, 0.05) is 5.54 Å². The summed E-state index contributed by atoms with van der Waals surface area (Å²) in [6.07, 6.45) is 4.30. The van der Waals surface area contributed by atoms with E-state index in [1.54, 1.807) is 0 Å². The molecule has 2 rings (SSSR count). The Hall–Kier alpha value is -0.0400. The molecule has 0 aromatic heterocycles. The van der Waals surface area contributed by atoms with Gasteiger partial charge in [-0.2, -0.15) is 0 Å². The molecule has 0 aromatic rings. The highest BCUT2D eigenvalue weighted by Crippen LogP contribution is 2.49. The van der Waals surface area contributed by atoms with E-state index in [2.05, 4.69) is 19.2 Å². The summed E-state index contributed by atoms with van der Waals surface area (Å²) in [5, 5.41) is 3.64. The van der Waals surface area contributed by atoms with E-state index in [-0.39, 0.29) is 0 Å². The van der Waals surface area contributed by atoms with Crippen molar-refractivity contribution in [2.75, 3.05) is 6.54 Å². The molecule has 1 saturated heterocycles. The highest BCUT2D eigenvalue weighted by atomic mass is 15.1. The van der Waals surface area contributed by atoms with Crippen LogP contribution in [0, 0.1) is 11.8 Å². The smallest absolute Gasteiger partial charge is 0.0213 e. The summed E-state index contributed by atoms with van der Waals surface area (Å²) >= 11 is 0. The van der Waals surface area contributed by atoms with Gasteiger partial charge in [-0.1, -0.05) is 13.8 Å². The molecule has 10 heavy (non-hydrogen) atoms. The fraction of sp³-hybridized carbons (Fsp3) is 1.00. The molecule has 0 radical (unpaired) electrons. The maximum Gasteiger partial charge on any atom is 0.0213 e. The largest absolute Gasteiger partial charge is 0.311 e. The number of rotatable bonds is 1. The fourth-order valence-corrected chi connectivity index (χ4v) is 2.54. The zero-order chi connectivity index (χ0) is 7.19. The van der Waals surface area contributed by atoms with Crippen LogP contribution in [0.2, 0.25) is 0 Å². The number of hydrogen-bond acceptors (Lipinski definition) is 1. The quantitative estimate of drug-likeness (QED) is 0.584. The minimum atomic E-state index is 0.633. The molecule has 1 aliphatic heterocycles. The summed E-state index contributed by atoms with van der Waals surface area (Å²) in [5.41, 5.74) is 0.633. The summed E-state index contributed by atoms with van der Waals surface area (Å²) in [7, 11) is 0. The van der Waals surface area contributed by atoms with E-state index in [0.717, 1.165) is 11.8 Å². The predicted molar refractivity (Wildman–Crippen MR) is 42.9 cm³/mol. The SMILES string of the molecule is CC(C)C1CCNC12CC2. The van der Waals surface area contributed by atoms with Crippen LogP contribution >= 0.6 is 0 Å². The van der Waals surface area contributed by atoms with Gasteiger partial charge in [0.1, 0.15) is 0 Å². The third-order valence-corrected chi connectivity index (χ3v) is 3.24. The Kier molecular flexibility index (Phi) is 1.31. The van der Waals surface area contributed by atoms with Crippen LogP contribution in [0.25, 0.3) is 0 Å². The van der Waals surface area contributed by atoms with Crippen LogP contribution < -0.4 is 5.32 Å². The lowest BCUT2D eigenvalue weighted by Gasteiger charge is -2.21. The lowest BCUT2D eigenvalue weighted by atomic mass is 9.87. The molecule has 0 bridgehead atoms. The molecule has 1 heteroatoms. The summed E-state index contributed by atoms with van der Waals surface area (Å²) in [4.78, 5) is 0. The van der Waals surface area contributed by atoms with Crippen LogP contribution in [0.4, 0.5) is 0 Å². The van der Waals surface area contributed by atoms with Crippen LogP contribution in [0.15, 0.2) is 0 Å². The highest BCUT2D eigenvalue weighted by Gasteiger charge is 2.52. The van der Waals surface area contributed by atoms with Gasteiger partial charge in [0.25, 0.3) is 0 Å². The van der Waals surface area contributed by atoms with Gasteiger partial charge in [-0.25, -0.2) is 0 Å². The molecule has 0 aromatic carbocycles. The summed E-state index contributed by atoms with van der Waals surface area (Å²) in [5.74, 6) is 1.87. The van der Waals surface area contributed by atoms with Crippen molar-refractivity contribution < 1.29 is 0 Å². The second-order valence-electron chi connectivity index (χ2n) is 4.22. The molecular formula is C9H17N. The van der Waals surface area contributed by atoms with Gasteiger partial charge in [-0.15, -0.1) is 0 Å². The molecule has 1 spiro atoms. The molecule has 1 heterocycles. The molecule has 1 atom stereocenters. The molecule has 0 amide bonds. The Morgan fingerprint density at radius 1 is 1.40 bits per heavy atom. The summed E-state index contributed by atoms with van der Waals surface area (Å²) in [6, 6.07) is 0. The molecule has 1 saturated carbocycles. The molecule has 1 aliphatic carbocycles. The maximum atomic E-state index is 3.64. The average molecular weight is 139 g/mol. The van der Waals surface area contributed by atoms with E-state index in [1.165, 1.54) is 25.8 Å². The molecule has 58 valence electrons. The van der Waals surface area contributed by atoms with E-state index < -0.39 is 0 Å². The van der Waals surface area contributed by atoms with Gasteiger partial charge in [0.15, 0.2) is 0 Å². The van der Waals surface area contributed by atoms with Gasteiger partial charge < -0.3 is 5.32 Å². The van der Waals surface area contributed by atoms with Crippen LogP contribution in [-0.4, -0.2) is 12.1 Å². The first kappa shape index (κ1) is 6.66. The zero-order valence-corrected chi connectivity index (χ0v) is 6.98. The van der Waals surface area contributed by atoms with E-state index in [4.69, 9.17) is 0 Å². The van der Waals surface area contributed by atoms with Crippen molar-refractivity contribution >= 4 is 0 Å². The number of hydrogen-bond donors (Lipinski definition) is 1. The molecule has 1 nitrogen and oxygen atoms in total. The summed E-state index contributed by atoms with van der Waals surface area (Å²) in [6.45, 7) is 5.98. The van der Waals surface area contributed by atoms with Crippen molar-refractivity contribution in [3.63, 3.8) is 0 Å². The lowest BCUT2D eigenvalue weighted by molar-refractivity contribution is 0.326. The normalized spacial score (nSPS) is 35.7. The Morgan fingerprint density at radius 2 is 2.10 bits per heavy atom. The Labute approximate surface area is 63.2 Å². The van der Waals surface area contributed by atoms with Crippen molar-refractivity contribution in [2.45, 2.75) is 38.6 Å². The monoisotopic (exact) mass is 139 g/mol. The third kappa shape index (κ3) is 0.800. The van der Waals surface area contributed by atoms with E-state index in [0.29, 0.717) is 5.54 Å². The highest BCUT2D eigenvalue weighted by molar-refractivity contribution is 5.10. The van der Waals surface area contributed by atoms with Crippen molar-refractivity contribution in [3.05, 3.63) is 0 Å². The maximum absolute atomic E-state index is 3.64. The summed E-state index contributed by atoms with van der Waals surface area (Å²) < 4.78 is 0. The van der Waals surface area contributed by atoms with E-state index >= 15 is 0 Å². The predicted octanol–water partition coefficient (Wildman–Crippen LogP) is 1.78. The van der Waals surface area contributed by atoms with Gasteiger partial charge in [-0.05, 0) is 37.6 Å². The van der Waals surface area contributed by atoms with Gasteiger partial charge in [-0.3, -0.25) is 0 Å². The van der Waals surface area contributed by atoms with Crippen LogP contribution in [0.1, 0.15) is 33.1 Å². The van der Waals surface area contributed by atoms with Gasteiger partial charge in [0.05, 0.1) is 0 Å². The van der Waals surface area contributed by atoms with Gasteiger partial charge in [0.2, 0.25) is 0 Å². The topological polar surface area (TPSA) is 12.0 Å². The first-order chi connectivity index (χ1) is 4.75. The van der Waals surface area contributed by atoms with Crippen LogP contribution in [-0.2, 0) is 0 Å². The Bertz CT molecular complexity index is 136. The first-order valence-corrected chi connectivity index (χ1v) is 4.50. The third-order valence-electron chi connectivity index (χ3n) is 3.24.